The van der Waals surface area contributed by atoms with Crippen LogP contribution in [0, 0.1) is 68.0 Å². The van der Waals surface area contributed by atoms with E-state index in [0.29, 0.717) is 34.8 Å². The van der Waals surface area contributed by atoms with Gasteiger partial charge in [-0.2, -0.15) is 5.26 Å². The first-order valence-corrected chi connectivity index (χ1v) is 19.4. The number of ether oxygens (including phenoxy) is 1. The first-order valence-electron chi connectivity index (χ1n) is 19.4. The molecule has 1 aromatic carbocycles. The topological polar surface area (TPSA) is 105 Å². The van der Waals surface area contributed by atoms with Gasteiger partial charge in [0.25, 0.3) is 5.56 Å². The summed E-state index contributed by atoms with van der Waals surface area (Å²) in [5, 5.41) is 19.9. The Balaban J connectivity index is 1.40. The number of fused-ring (bicyclic) bond motifs is 1. The zero-order valence-electron chi connectivity index (χ0n) is 34.6. The summed E-state index contributed by atoms with van der Waals surface area (Å²) in [4.78, 5) is 26.7. The molecule has 2 aliphatic carbocycles. The minimum atomic E-state index is -0.493. The molecule has 5 rings (SSSR count). The van der Waals surface area contributed by atoms with Crippen molar-refractivity contribution in [2.75, 3.05) is 0 Å². The highest BCUT2D eigenvalue weighted by Gasteiger charge is 2.81. The average molecular weight is 723 g/mol. The van der Waals surface area contributed by atoms with E-state index in [0.717, 1.165) is 23.0 Å². The van der Waals surface area contributed by atoms with Crippen LogP contribution in [-0.2, 0) is 11.8 Å². The Morgan fingerprint density at radius 3 is 2.25 bits per heavy atom. The van der Waals surface area contributed by atoms with E-state index in [4.69, 9.17) is 9.15 Å². The van der Waals surface area contributed by atoms with Gasteiger partial charge in [0, 0.05) is 17.8 Å². The third-order valence-corrected chi connectivity index (χ3v) is 15.1. The first kappa shape index (κ1) is 40.1. The first-order chi connectivity index (χ1) is 24.5. The number of nitriles is 1. The van der Waals surface area contributed by atoms with Crippen LogP contribution in [0.4, 0.5) is 0 Å². The van der Waals surface area contributed by atoms with E-state index < -0.39 is 11.4 Å². The molecular formula is C46H62N2O5. The molecule has 0 radical (unpaired) electrons. The van der Waals surface area contributed by atoms with Crippen LogP contribution >= 0.6 is 0 Å². The number of hydrogen-bond acceptors (Lipinski definition) is 6. The molecule has 2 heterocycles. The number of nitrogens with zero attached hydrogens (tertiary/aromatic N) is 2. The van der Waals surface area contributed by atoms with Crippen LogP contribution in [0.25, 0.3) is 24.0 Å². The van der Waals surface area contributed by atoms with E-state index in [1.165, 1.54) is 13.1 Å². The smallest absolute Gasteiger partial charge is 0.338 e. The molecule has 2 aliphatic rings. The molecule has 2 saturated carbocycles. The van der Waals surface area contributed by atoms with Crippen LogP contribution in [0.3, 0.4) is 0 Å². The van der Waals surface area contributed by atoms with Crippen molar-refractivity contribution in [2.45, 2.75) is 109 Å². The highest BCUT2D eigenvalue weighted by atomic mass is 16.5. The van der Waals surface area contributed by atoms with Gasteiger partial charge in [-0.1, -0.05) is 115 Å². The SMILES string of the molecule is C=c1c(C#N)c(O)n(C)c(=O)/c1=C/c1ccc(-c2ccc(C(=O)OC(C(C)C)C(C)C3(C)CC4(C(C)(C)C)C(C(C)(C)CC)C(C)C4(C)C3C)cc2)o1. The summed E-state index contributed by atoms with van der Waals surface area (Å²) >= 11 is 0. The van der Waals surface area contributed by atoms with Crippen molar-refractivity contribution in [1.29, 1.82) is 5.26 Å². The van der Waals surface area contributed by atoms with Crippen LogP contribution in [0.5, 0.6) is 5.88 Å². The molecule has 0 bridgehead atoms. The maximum absolute atomic E-state index is 13.9. The third kappa shape index (κ3) is 5.81. The number of esters is 1. The number of hydrogen-bond donors (Lipinski definition) is 1. The monoisotopic (exact) mass is 722 g/mol. The fourth-order valence-corrected chi connectivity index (χ4v) is 11.6. The molecule has 0 amide bonds. The Morgan fingerprint density at radius 2 is 1.72 bits per heavy atom. The van der Waals surface area contributed by atoms with Gasteiger partial charge >= 0.3 is 5.97 Å². The number of aromatic nitrogens is 1. The summed E-state index contributed by atoms with van der Waals surface area (Å²) in [5.74, 6) is 2.12. The van der Waals surface area contributed by atoms with Crippen LogP contribution in [0.1, 0.15) is 125 Å². The van der Waals surface area contributed by atoms with Gasteiger partial charge in [-0.15, -0.1) is 0 Å². The molecule has 0 aliphatic heterocycles. The molecule has 2 fully saturated rings. The van der Waals surface area contributed by atoms with Crippen molar-refractivity contribution in [2.24, 2.45) is 63.7 Å². The number of rotatable bonds is 9. The van der Waals surface area contributed by atoms with E-state index in [-0.39, 0.29) is 67.0 Å². The van der Waals surface area contributed by atoms with Gasteiger partial charge in [0.05, 0.1) is 10.8 Å². The summed E-state index contributed by atoms with van der Waals surface area (Å²) in [7, 11) is 1.39. The summed E-state index contributed by atoms with van der Waals surface area (Å²) < 4.78 is 13.6. The van der Waals surface area contributed by atoms with Gasteiger partial charge in [-0.3, -0.25) is 9.36 Å². The molecule has 53 heavy (non-hydrogen) atoms. The van der Waals surface area contributed by atoms with E-state index in [2.05, 4.69) is 96.6 Å². The Labute approximate surface area is 316 Å². The highest BCUT2D eigenvalue weighted by molar-refractivity contribution is 5.90. The average Bonchev–Trinajstić information content (AvgIpc) is 3.63. The molecule has 3 aromatic rings. The van der Waals surface area contributed by atoms with E-state index in [1.807, 2.05) is 18.2 Å². The van der Waals surface area contributed by atoms with Crippen molar-refractivity contribution in [3.05, 3.63) is 74.1 Å². The predicted octanol–water partition coefficient (Wildman–Crippen LogP) is 9.07. The number of carbonyl (C=O) groups excluding carboxylic acids is 1. The number of carbonyl (C=O) groups is 1. The maximum Gasteiger partial charge on any atom is 0.338 e. The molecule has 8 unspecified atom stereocenters. The normalized spacial score (nSPS) is 28.6. The Morgan fingerprint density at radius 1 is 1.11 bits per heavy atom. The number of furan rings is 1. The molecular weight excluding hydrogens is 661 g/mol. The van der Waals surface area contributed by atoms with Crippen LogP contribution < -0.4 is 16.0 Å². The number of pyridine rings is 1. The zero-order chi connectivity index (χ0) is 39.8. The summed E-state index contributed by atoms with van der Waals surface area (Å²) in [5.41, 5.74) is 1.33. The fraction of sp³-hybridized carbons (Fsp3) is 0.587. The molecule has 0 spiro atoms. The van der Waals surface area contributed by atoms with Crippen molar-refractivity contribution in [1.82, 2.24) is 4.57 Å². The number of benzene rings is 1. The Bertz CT molecular complexity index is 2110. The second-order valence-electron chi connectivity index (χ2n) is 18.9. The summed E-state index contributed by atoms with van der Waals surface area (Å²) in [6.07, 6.45) is 3.54. The van der Waals surface area contributed by atoms with Crippen LogP contribution in [-0.4, -0.2) is 21.7 Å². The van der Waals surface area contributed by atoms with E-state index >= 15 is 0 Å². The van der Waals surface area contributed by atoms with Gasteiger partial charge in [0.15, 0.2) is 0 Å². The van der Waals surface area contributed by atoms with E-state index in [1.54, 1.807) is 24.3 Å². The third-order valence-electron chi connectivity index (χ3n) is 15.1. The van der Waals surface area contributed by atoms with Crippen molar-refractivity contribution < 1.29 is 19.1 Å². The van der Waals surface area contributed by atoms with Gasteiger partial charge in [-0.05, 0) is 93.4 Å². The fourth-order valence-electron chi connectivity index (χ4n) is 11.6. The lowest BCUT2D eigenvalue weighted by Gasteiger charge is -2.75. The van der Waals surface area contributed by atoms with E-state index in [9.17, 15) is 20.0 Å². The van der Waals surface area contributed by atoms with Crippen molar-refractivity contribution in [3.63, 3.8) is 0 Å². The minimum absolute atomic E-state index is 0.0307. The maximum atomic E-state index is 13.9. The molecule has 8 atom stereocenters. The molecule has 286 valence electrons. The zero-order valence-corrected chi connectivity index (χ0v) is 34.6. The summed E-state index contributed by atoms with van der Waals surface area (Å²) in [6.45, 7) is 35.2. The molecule has 0 saturated heterocycles. The highest BCUT2D eigenvalue weighted by Crippen LogP contribution is 2.86. The molecule has 2 aromatic heterocycles. The molecule has 7 nitrogen and oxygen atoms in total. The van der Waals surface area contributed by atoms with Crippen molar-refractivity contribution in [3.8, 4) is 23.3 Å². The standard InChI is InChI=1S/C46H62N2O5/c1-16-43(11,12)38-29(6)45(14)30(7)44(13,25-46(38,45)42(8,9)10)28(5)37(26(2)3)53-41(51)32-19-17-31(18-20-32)36-22-21-33(52-36)23-34-27(4)35(24-47)40(50)48(15)39(34)49/h17-23,26,28-30,37-38,50H,4,16,25H2,1-3,5-15H3/b34-23+. The van der Waals surface area contributed by atoms with Gasteiger partial charge < -0.3 is 14.3 Å². The van der Waals surface area contributed by atoms with Crippen LogP contribution in [0.15, 0.2) is 45.6 Å². The number of aromatic hydroxyl groups is 1. The lowest BCUT2D eigenvalue weighted by atomic mass is 9.29. The minimum Gasteiger partial charge on any atom is -0.493 e. The quantitative estimate of drug-likeness (QED) is 0.221. The largest absolute Gasteiger partial charge is 0.493 e. The van der Waals surface area contributed by atoms with Crippen molar-refractivity contribution >= 4 is 18.6 Å². The Hall–Kier alpha value is -4.05. The second-order valence-corrected chi connectivity index (χ2v) is 18.9. The van der Waals surface area contributed by atoms with Gasteiger partial charge in [0.2, 0.25) is 5.88 Å². The lowest BCUT2D eigenvalue weighted by molar-refractivity contribution is -0.277. The van der Waals surface area contributed by atoms with Gasteiger partial charge in [-0.25, -0.2) is 4.79 Å². The predicted molar refractivity (Wildman–Crippen MR) is 212 cm³/mol. The molecule has 7 heteroatoms. The second kappa shape index (κ2) is 13.4. The summed E-state index contributed by atoms with van der Waals surface area (Å²) in [6, 6.07) is 12.6. The Kier molecular flexibility index (Phi) is 10.1. The van der Waals surface area contributed by atoms with Gasteiger partial charge in [0.1, 0.15) is 29.3 Å². The lowest BCUT2D eigenvalue weighted by Crippen LogP contribution is -2.70. The van der Waals surface area contributed by atoms with Crippen LogP contribution in [0.2, 0.25) is 0 Å². The molecule has 1 N–H and O–H groups in total.